The Hall–Kier alpha value is -1.31. The van der Waals surface area contributed by atoms with E-state index in [9.17, 15) is 22.0 Å². The normalized spacial score (nSPS) is 11.8. The Kier molecular flexibility index (Phi) is 3.97. The summed E-state index contributed by atoms with van der Waals surface area (Å²) in [5.41, 5.74) is -1.13. The van der Waals surface area contributed by atoms with Crippen molar-refractivity contribution in [2.45, 2.75) is 12.8 Å². The van der Waals surface area contributed by atoms with Crippen LogP contribution in [0.5, 0.6) is 11.6 Å². The van der Waals surface area contributed by atoms with Crippen LogP contribution in [0.2, 0.25) is 5.15 Å². The molecular formula is C8H5ClF5NO2. The number of alkyl halides is 5. The first-order chi connectivity index (χ1) is 7.74. The number of halogens is 6. The van der Waals surface area contributed by atoms with Crippen molar-refractivity contribution in [2.75, 3.05) is 7.11 Å². The van der Waals surface area contributed by atoms with Gasteiger partial charge in [-0.05, 0) is 0 Å². The van der Waals surface area contributed by atoms with Gasteiger partial charge in [-0.2, -0.15) is 0 Å². The van der Waals surface area contributed by atoms with Gasteiger partial charge in [-0.1, -0.05) is 11.6 Å². The van der Waals surface area contributed by atoms with Crippen molar-refractivity contribution >= 4 is 11.6 Å². The molecule has 0 unspecified atom stereocenters. The Morgan fingerprint density at radius 3 is 2.35 bits per heavy atom. The molecule has 0 saturated heterocycles. The van der Waals surface area contributed by atoms with Crippen LogP contribution in [0.4, 0.5) is 22.0 Å². The average molecular weight is 278 g/mol. The molecule has 0 aliphatic rings. The third kappa shape index (κ3) is 3.58. The first kappa shape index (κ1) is 13.8. The van der Waals surface area contributed by atoms with Crippen LogP contribution in [-0.2, 0) is 0 Å². The number of hydrogen-bond acceptors (Lipinski definition) is 3. The van der Waals surface area contributed by atoms with Crippen molar-refractivity contribution in [1.29, 1.82) is 0 Å². The summed E-state index contributed by atoms with van der Waals surface area (Å²) in [6.45, 7) is 0. The standard InChI is InChI=1S/C8H5ClF5NO2/c1-16-4-2-3(17-8(12,13)14)5(7(10)11)6(9)15-4/h2,7H,1H3. The second-order valence-corrected chi connectivity index (χ2v) is 3.07. The molecule has 96 valence electrons. The smallest absolute Gasteiger partial charge is 0.481 e. The fourth-order valence-electron chi connectivity index (χ4n) is 0.992. The van der Waals surface area contributed by atoms with E-state index in [1.54, 1.807) is 0 Å². The largest absolute Gasteiger partial charge is 0.573 e. The topological polar surface area (TPSA) is 31.4 Å². The van der Waals surface area contributed by atoms with Gasteiger partial charge >= 0.3 is 6.36 Å². The van der Waals surface area contributed by atoms with E-state index in [1.165, 1.54) is 0 Å². The SMILES string of the molecule is COc1cc(OC(F)(F)F)c(C(F)F)c(Cl)n1. The van der Waals surface area contributed by atoms with Gasteiger partial charge in [-0.3, -0.25) is 0 Å². The molecule has 0 N–H and O–H groups in total. The van der Waals surface area contributed by atoms with E-state index in [1.807, 2.05) is 0 Å². The van der Waals surface area contributed by atoms with E-state index < -0.39 is 29.3 Å². The number of rotatable bonds is 3. The second kappa shape index (κ2) is 4.91. The molecule has 9 heteroatoms. The molecule has 0 aliphatic carbocycles. The first-order valence-electron chi connectivity index (χ1n) is 4.03. The third-order valence-corrected chi connectivity index (χ3v) is 1.89. The van der Waals surface area contributed by atoms with Crippen molar-refractivity contribution in [3.8, 4) is 11.6 Å². The second-order valence-electron chi connectivity index (χ2n) is 2.72. The zero-order valence-corrected chi connectivity index (χ0v) is 8.94. The molecule has 1 heterocycles. The fraction of sp³-hybridized carbons (Fsp3) is 0.375. The highest BCUT2D eigenvalue weighted by molar-refractivity contribution is 6.30. The van der Waals surface area contributed by atoms with E-state index in [2.05, 4.69) is 14.5 Å². The van der Waals surface area contributed by atoms with Gasteiger partial charge in [-0.25, -0.2) is 13.8 Å². The molecule has 0 spiro atoms. The Bertz CT molecular complexity index is 410. The molecule has 1 aromatic rings. The van der Waals surface area contributed by atoms with Gasteiger partial charge in [0.05, 0.1) is 12.7 Å². The van der Waals surface area contributed by atoms with Crippen molar-refractivity contribution < 1.29 is 31.4 Å². The van der Waals surface area contributed by atoms with Crippen molar-refractivity contribution in [1.82, 2.24) is 4.98 Å². The Balaban J connectivity index is 3.27. The van der Waals surface area contributed by atoms with Crippen LogP contribution in [0.15, 0.2) is 6.07 Å². The molecule has 0 amide bonds. The maximum Gasteiger partial charge on any atom is 0.573 e. The van der Waals surface area contributed by atoms with Crippen LogP contribution in [0.3, 0.4) is 0 Å². The van der Waals surface area contributed by atoms with Crippen molar-refractivity contribution in [3.05, 3.63) is 16.8 Å². The molecule has 0 aromatic carbocycles. The summed E-state index contributed by atoms with van der Waals surface area (Å²) in [4.78, 5) is 3.32. The summed E-state index contributed by atoms with van der Waals surface area (Å²) < 4.78 is 68.8. The molecule has 1 aromatic heterocycles. The van der Waals surface area contributed by atoms with Crippen LogP contribution >= 0.6 is 11.6 Å². The highest BCUT2D eigenvalue weighted by atomic mass is 35.5. The highest BCUT2D eigenvalue weighted by Gasteiger charge is 2.34. The van der Waals surface area contributed by atoms with Gasteiger partial charge in [-0.15, -0.1) is 13.2 Å². The predicted molar refractivity (Wildman–Crippen MR) is 47.4 cm³/mol. The van der Waals surface area contributed by atoms with Crippen LogP contribution in [0.25, 0.3) is 0 Å². The molecule has 3 nitrogen and oxygen atoms in total. The van der Waals surface area contributed by atoms with E-state index in [-0.39, 0.29) is 5.88 Å². The van der Waals surface area contributed by atoms with Crippen molar-refractivity contribution in [3.63, 3.8) is 0 Å². The predicted octanol–water partition coefficient (Wildman–Crippen LogP) is 3.58. The summed E-state index contributed by atoms with van der Waals surface area (Å²) in [5.74, 6) is -1.50. The van der Waals surface area contributed by atoms with Crippen LogP contribution in [0, 0.1) is 0 Å². The van der Waals surface area contributed by atoms with Gasteiger partial charge in [0.25, 0.3) is 6.43 Å². The van der Waals surface area contributed by atoms with Gasteiger partial charge < -0.3 is 9.47 Å². The molecule has 0 radical (unpaired) electrons. The molecule has 0 fully saturated rings. The molecule has 0 aliphatic heterocycles. The third-order valence-electron chi connectivity index (χ3n) is 1.60. The number of ether oxygens (including phenoxy) is 2. The molecule has 17 heavy (non-hydrogen) atoms. The van der Waals surface area contributed by atoms with E-state index in [0.29, 0.717) is 6.07 Å². The maximum atomic E-state index is 12.5. The quantitative estimate of drug-likeness (QED) is 0.625. The Morgan fingerprint density at radius 1 is 1.35 bits per heavy atom. The van der Waals surface area contributed by atoms with E-state index >= 15 is 0 Å². The zero-order chi connectivity index (χ0) is 13.2. The minimum absolute atomic E-state index is 0.362. The monoisotopic (exact) mass is 277 g/mol. The number of nitrogens with zero attached hydrogens (tertiary/aromatic N) is 1. The van der Waals surface area contributed by atoms with Gasteiger partial charge in [0.15, 0.2) is 0 Å². The molecule has 1 rings (SSSR count). The van der Waals surface area contributed by atoms with E-state index in [4.69, 9.17) is 11.6 Å². The molecule has 0 bridgehead atoms. The number of aromatic nitrogens is 1. The minimum Gasteiger partial charge on any atom is -0.481 e. The van der Waals surface area contributed by atoms with Gasteiger partial charge in [0.2, 0.25) is 5.88 Å². The maximum absolute atomic E-state index is 12.5. The van der Waals surface area contributed by atoms with Crippen LogP contribution in [0.1, 0.15) is 12.0 Å². The lowest BCUT2D eigenvalue weighted by molar-refractivity contribution is -0.275. The highest BCUT2D eigenvalue weighted by Crippen LogP contribution is 2.38. The number of methoxy groups -OCH3 is 1. The molecule has 0 atom stereocenters. The summed E-state index contributed by atoms with van der Waals surface area (Å²) in [7, 11) is 1.10. The van der Waals surface area contributed by atoms with Gasteiger partial charge in [0, 0.05) is 6.07 Å². The first-order valence-corrected chi connectivity index (χ1v) is 4.40. The molecular weight excluding hydrogens is 273 g/mol. The molecule has 0 saturated carbocycles. The summed E-state index contributed by atoms with van der Waals surface area (Å²) >= 11 is 5.32. The minimum atomic E-state index is -5.11. The van der Waals surface area contributed by atoms with Crippen molar-refractivity contribution in [2.24, 2.45) is 0 Å². The number of hydrogen-bond donors (Lipinski definition) is 0. The zero-order valence-electron chi connectivity index (χ0n) is 8.19. The lowest BCUT2D eigenvalue weighted by Crippen LogP contribution is -2.18. The number of pyridine rings is 1. The fourth-order valence-corrected chi connectivity index (χ4v) is 1.25. The summed E-state index contributed by atoms with van der Waals surface area (Å²) in [5, 5.41) is -0.807. The summed E-state index contributed by atoms with van der Waals surface area (Å²) in [6.07, 6.45) is -8.36. The Labute approximate surface area is 97.1 Å². The lowest BCUT2D eigenvalue weighted by atomic mass is 10.2. The summed E-state index contributed by atoms with van der Waals surface area (Å²) in [6, 6.07) is 0.584. The van der Waals surface area contributed by atoms with Crippen LogP contribution in [-0.4, -0.2) is 18.5 Å². The lowest BCUT2D eigenvalue weighted by Gasteiger charge is -2.14. The van der Waals surface area contributed by atoms with E-state index in [0.717, 1.165) is 7.11 Å². The van der Waals surface area contributed by atoms with Gasteiger partial charge in [0.1, 0.15) is 10.9 Å². The van der Waals surface area contributed by atoms with Crippen LogP contribution < -0.4 is 9.47 Å². The average Bonchev–Trinajstić information content (AvgIpc) is 2.13. The Morgan fingerprint density at radius 2 is 1.94 bits per heavy atom.